The van der Waals surface area contributed by atoms with Gasteiger partial charge in [-0.3, -0.25) is 0 Å². The Morgan fingerprint density at radius 1 is 1.09 bits per heavy atom. The molecule has 0 atom stereocenters. The van der Waals surface area contributed by atoms with Crippen molar-refractivity contribution < 1.29 is 8.78 Å². The fourth-order valence-electron chi connectivity index (χ4n) is 3.07. The summed E-state index contributed by atoms with van der Waals surface area (Å²) < 4.78 is 28.6. The molecule has 0 amide bonds. The van der Waals surface area contributed by atoms with E-state index in [1.54, 1.807) is 6.92 Å². The van der Waals surface area contributed by atoms with Crippen molar-refractivity contribution >= 4 is 17.3 Å². The van der Waals surface area contributed by atoms with Crippen LogP contribution >= 0.6 is 11.6 Å². The van der Waals surface area contributed by atoms with Crippen LogP contribution in [0.4, 0.5) is 14.5 Å². The number of hydrogen-bond donors (Lipinski definition) is 0. The lowest BCUT2D eigenvalue weighted by atomic mass is 9.96. The van der Waals surface area contributed by atoms with Crippen molar-refractivity contribution in [2.45, 2.75) is 26.7 Å². The quantitative estimate of drug-likeness (QED) is 0.800. The van der Waals surface area contributed by atoms with E-state index in [0.717, 1.165) is 25.9 Å². The van der Waals surface area contributed by atoms with Gasteiger partial charge in [-0.25, -0.2) is 8.78 Å². The lowest BCUT2D eigenvalue weighted by molar-refractivity contribution is 0.438. The number of halogens is 3. The predicted molar refractivity (Wildman–Crippen MR) is 87.7 cm³/mol. The average Bonchev–Trinajstić information content (AvgIpc) is 2.52. The molecule has 122 valence electrons. The lowest BCUT2D eigenvalue weighted by Crippen LogP contribution is -2.34. The molecule has 0 unspecified atom stereocenters. The summed E-state index contributed by atoms with van der Waals surface area (Å²) in [7, 11) is 0. The first-order valence-corrected chi connectivity index (χ1v) is 8.09. The lowest BCUT2D eigenvalue weighted by Gasteiger charge is -2.34. The Hall–Kier alpha value is -1.75. The Morgan fingerprint density at radius 2 is 1.70 bits per heavy atom. The third kappa shape index (κ3) is 3.02. The summed E-state index contributed by atoms with van der Waals surface area (Å²) in [5.74, 6) is -0.651. The van der Waals surface area contributed by atoms with Crippen LogP contribution in [0.15, 0.2) is 18.2 Å². The van der Waals surface area contributed by atoms with E-state index in [9.17, 15) is 8.78 Å². The highest BCUT2D eigenvalue weighted by Crippen LogP contribution is 2.40. The predicted octanol–water partition coefficient (Wildman–Crippen LogP) is 4.62. The fourth-order valence-corrected chi connectivity index (χ4v) is 3.29. The Bertz CT molecular complexity index is 708. The van der Waals surface area contributed by atoms with Gasteiger partial charge in [0.1, 0.15) is 11.6 Å². The summed E-state index contributed by atoms with van der Waals surface area (Å²) in [6, 6.07) is 3.80. The molecule has 1 saturated heterocycles. The average molecular weight is 338 g/mol. The molecule has 1 aliphatic heterocycles. The maximum atomic E-state index is 14.3. The van der Waals surface area contributed by atoms with Crippen LogP contribution in [0, 0.1) is 24.5 Å². The van der Waals surface area contributed by atoms with Crippen LogP contribution in [0.3, 0.4) is 0 Å². The molecule has 2 heterocycles. The molecule has 0 aliphatic carbocycles. The van der Waals surface area contributed by atoms with Crippen molar-refractivity contribution in [3.63, 3.8) is 0 Å². The van der Waals surface area contributed by atoms with Gasteiger partial charge in [-0.05, 0) is 37.8 Å². The zero-order valence-corrected chi connectivity index (χ0v) is 13.9. The van der Waals surface area contributed by atoms with Gasteiger partial charge in [0.05, 0.1) is 22.5 Å². The summed E-state index contributed by atoms with van der Waals surface area (Å²) in [5, 5.41) is 7.93. The second-order valence-electron chi connectivity index (χ2n) is 6.07. The first kappa shape index (κ1) is 16.1. The first-order chi connectivity index (χ1) is 11.0. The summed E-state index contributed by atoms with van der Waals surface area (Å²) in [4.78, 5) is 2.11. The van der Waals surface area contributed by atoms with Gasteiger partial charge in [0, 0.05) is 13.1 Å². The van der Waals surface area contributed by atoms with Crippen LogP contribution in [0.1, 0.15) is 25.5 Å². The third-order valence-electron chi connectivity index (χ3n) is 4.39. The van der Waals surface area contributed by atoms with Crippen molar-refractivity contribution in [3.8, 4) is 11.1 Å². The minimum Gasteiger partial charge on any atom is -0.369 e. The molecule has 3 rings (SSSR count). The summed E-state index contributed by atoms with van der Waals surface area (Å²) in [5.41, 5.74) is 1.47. The number of rotatable bonds is 2. The van der Waals surface area contributed by atoms with E-state index >= 15 is 0 Å². The van der Waals surface area contributed by atoms with Crippen LogP contribution in [-0.2, 0) is 0 Å². The standard InChI is InChI=1S/C17H18ClF2N3/c1-10-6-8-23(9-7-10)16-11(2)21-22-17(18)15(16)14-12(19)4-3-5-13(14)20/h3-5,10H,6-9H2,1-2H3. The molecule has 3 nitrogen and oxygen atoms in total. The normalized spacial score (nSPS) is 16.0. The van der Waals surface area contributed by atoms with E-state index in [1.807, 2.05) is 0 Å². The number of aromatic nitrogens is 2. The van der Waals surface area contributed by atoms with E-state index in [4.69, 9.17) is 11.6 Å². The minimum absolute atomic E-state index is 0.0215. The van der Waals surface area contributed by atoms with Crippen molar-refractivity contribution in [2.75, 3.05) is 18.0 Å². The zero-order valence-electron chi connectivity index (χ0n) is 13.1. The summed E-state index contributed by atoms with van der Waals surface area (Å²) in [6.07, 6.45) is 2.05. The summed E-state index contributed by atoms with van der Waals surface area (Å²) >= 11 is 6.19. The highest BCUT2D eigenvalue weighted by molar-refractivity contribution is 6.32. The second-order valence-corrected chi connectivity index (χ2v) is 6.42. The smallest absolute Gasteiger partial charge is 0.161 e. The molecule has 0 saturated carbocycles. The van der Waals surface area contributed by atoms with Gasteiger partial charge in [-0.1, -0.05) is 24.6 Å². The van der Waals surface area contributed by atoms with E-state index < -0.39 is 11.6 Å². The molecule has 1 aromatic carbocycles. The van der Waals surface area contributed by atoms with Gasteiger partial charge in [-0.15, -0.1) is 5.10 Å². The highest BCUT2D eigenvalue weighted by Gasteiger charge is 2.26. The topological polar surface area (TPSA) is 29.0 Å². The number of piperidine rings is 1. The summed E-state index contributed by atoms with van der Waals surface area (Å²) in [6.45, 7) is 5.62. The molecular formula is C17H18ClF2N3. The Kier molecular flexibility index (Phi) is 4.48. The maximum absolute atomic E-state index is 14.3. The van der Waals surface area contributed by atoms with E-state index in [-0.39, 0.29) is 10.7 Å². The van der Waals surface area contributed by atoms with E-state index in [2.05, 4.69) is 22.0 Å². The van der Waals surface area contributed by atoms with Crippen LogP contribution in [0.2, 0.25) is 5.15 Å². The molecule has 1 fully saturated rings. The van der Waals surface area contributed by atoms with Crippen LogP contribution < -0.4 is 4.90 Å². The maximum Gasteiger partial charge on any atom is 0.161 e. The number of anilines is 1. The van der Waals surface area contributed by atoms with E-state index in [1.165, 1.54) is 18.2 Å². The molecule has 0 spiro atoms. The first-order valence-electron chi connectivity index (χ1n) is 7.71. The van der Waals surface area contributed by atoms with Crippen molar-refractivity contribution in [2.24, 2.45) is 5.92 Å². The number of nitrogens with zero attached hydrogens (tertiary/aromatic N) is 3. The van der Waals surface area contributed by atoms with Gasteiger partial charge in [0.25, 0.3) is 0 Å². The van der Waals surface area contributed by atoms with Crippen LogP contribution in [-0.4, -0.2) is 23.3 Å². The molecule has 0 radical (unpaired) electrons. The molecule has 1 aliphatic rings. The SMILES string of the molecule is Cc1nnc(Cl)c(-c2c(F)cccc2F)c1N1CCC(C)CC1. The van der Waals surface area contributed by atoms with Crippen molar-refractivity contribution in [1.29, 1.82) is 0 Å². The Balaban J connectivity index is 2.19. The molecule has 0 N–H and O–H groups in total. The van der Waals surface area contributed by atoms with Gasteiger partial charge in [-0.2, -0.15) is 5.10 Å². The number of hydrogen-bond acceptors (Lipinski definition) is 3. The molecular weight excluding hydrogens is 320 g/mol. The highest BCUT2D eigenvalue weighted by atomic mass is 35.5. The van der Waals surface area contributed by atoms with Gasteiger partial charge >= 0.3 is 0 Å². The van der Waals surface area contributed by atoms with Gasteiger partial charge in [0.2, 0.25) is 0 Å². The van der Waals surface area contributed by atoms with Crippen molar-refractivity contribution in [3.05, 3.63) is 40.7 Å². The van der Waals surface area contributed by atoms with E-state index in [0.29, 0.717) is 22.9 Å². The zero-order chi connectivity index (χ0) is 16.6. The molecule has 0 bridgehead atoms. The van der Waals surface area contributed by atoms with Crippen LogP contribution in [0.25, 0.3) is 11.1 Å². The second kappa shape index (κ2) is 6.40. The Morgan fingerprint density at radius 3 is 2.30 bits per heavy atom. The largest absolute Gasteiger partial charge is 0.369 e. The monoisotopic (exact) mass is 337 g/mol. The fraction of sp³-hybridized carbons (Fsp3) is 0.412. The van der Waals surface area contributed by atoms with Crippen LogP contribution in [0.5, 0.6) is 0 Å². The van der Waals surface area contributed by atoms with Gasteiger partial charge in [0.15, 0.2) is 5.15 Å². The van der Waals surface area contributed by atoms with Crippen molar-refractivity contribution in [1.82, 2.24) is 10.2 Å². The molecule has 6 heteroatoms. The third-order valence-corrected chi connectivity index (χ3v) is 4.65. The number of benzene rings is 1. The molecule has 23 heavy (non-hydrogen) atoms. The van der Waals surface area contributed by atoms with Gasteiger partial charge < -0.3 is 4.90 Å². The molecule has 1 aromatic heterocycles. The minimum atomic E-state index is -0.647. The Labute approximate surface area is 139 Å². The molecule has 2 aromatic rings. The number of aryl methyl sites for hydroxylation is 1.